The van der Waals surface area contributed by atoms with E-state index in [4.69, 9.17) is 22.8 Å². The van der Waals surface area contributed by atoms with Crippen molar-refractivity contribution < 1.29 is 9.53 Å². The van der Waals surface area contributed by atoms with Crippen LogP contribution in [-0.4, -0.2) is 18.6 Å². The van der Waals surface area contributed by atoms with Crippen molar-refractivity contribution in [1.82, 2.24) is 5.32 Å². The van der Waals surface area contributed by atoms with Crippen molar-refractivity contribution in [2.75, 3.05) is 6.54 Å². The fraction of sp³-hybridized carbons (Fsp3) is 0.308. The molecule has 0 aromatic heterocycles. The summed E-state index contributed by atoms with van der Waals surface area (Å²) >= 11 is 5.86. The summed E-state index contributed by atoms with van der Waals surface area (Å²) in [5, 5.41) is 3.12. The molecule has 0 aliphatic rings. The van der Waals surface area contributed by atoms with Crippen molar-refractivity contribution in [1.29, 1.82) is 0 Å². The zero-order chi connectivity index (χ0) is 12.8. The van der Waals surface area contributed by atoms with E-state index < -0.39 is 6.10 Å². The monoisotopic (exact) mass is 251 g/mol. The summed E-state index contributed by atoms with van der Waals surface area (Å²) in [4.78, 5) is 11.5. The van der Waals surface area contributed by atoms with Crippen LogP contribution in [0.1, 0.15) is 12.5 Å². The normalized spacial score (nSPS) is 11.4. The molecule has 17 heavy (non-hydrogen) atoms. The van der Waals surface area contributed by atoms with Crippen LogP contribution in [0.2, 0.25) is 5.02 Å². The van der Waals surface area contributed by atoms with Crippen LogP contribution in [-0.2, 0) is 4.79 Å². The van der Waals surface area contributed by atoms with E-state index >= 15 is 0 Å². The number of rotatable bonds is 4. The van der Waals surface area contributed by atoms with Crippen molar-refractivity contribution in [3.05, 3.63) is 28.8 Å². The first-order chi connectivity index (χ1) is 8.04. The Morgan fingerprint density at radius 3 is 3.00 bits per heavy atom. The predicted octanol–water partition coefficient (Wildman–Crippen LogP) is 2.17. The number of carbonyl (C=O) groups excluding carboxylic acids is 1. The number of nitrogens with one attached hydrogen (secondary N) is 1. The summed E-state index contributed by atoms with van der Waals surface area (Å²) in [7, 11) is 0. The second-order valence-corrected chi connectivity index (χ2v) is 4.03. The Morgan fingerprint density at radius 1 is 1.65 bits per heavy atom. The van der Waals surface area contributed by atoms with E-state index in [1.165, 1.54) is 0 Å². The van der Waals surface area contributed by atoms with Gasteiger partial charge in [0.05, 0.1) is 6.54 Å². The third kappa shape index (κ3) is 4.01. The number of carbonyl (C=O) groups is 1. The molecule has 1 aromatic rings. The lowest BCUT2D eigenvalue weighted by atomic mass is 10.2. The van der Waals surface area contributed by atoms with E-state index in [9.17, 15) is 4.79 Å². The van der Waals surface area contributed by atoms with Gasteiger partial charge in [0.1, 0.15) is 5.75 Å². The maximum Gasteiger partial charge on any atom is 0.261 e. The van der Waals surface area contributed by atoms with Crippen LogP contribution < -0.4 is 10.1 Å². The predicted molar refractivity (Wildman–Crippen MR) is 68.1 cm³/mol. The largest absolute Gasteiger partial charge is 0.481 e. The van der Waals surface area contributed by atoms with Gasteiger partial charge in [-0.05, 0) is 31.5 Å². The maximum absolute atomic E-state index is 11.5. The second kappa shape index (κ2) is 6.17. The first-order valence-electron chi connectivity index (χ1n) is 5.18. The van der Waals surface area contributed by atoms with Gasteiger partial charge in [-0.2, -0.15) is 0 Å². The quantitative estimate of drug-likeness (QED) is 0.833. The molecule has 1 aromatic carbocycles. The molecule has 1 atom stereocenters. The third-order valence-electron chi connectivity index (χ3n) is 2.19. The van der Waals surface area contributed by atoms with Gasteiger partial charge in [0.15, 0.2) is 6.10 Å². The Kier molecular flexibility index (Phi) is 4.86. The van der Waals surface area contributed by atoms with Crippen molar-refractivity contribution in [2.45, 2.75) is 20.0 Å². The van der Waals surface area contributed by atoms with E-state index in [0.717, 1.165) is 5.56 Å². The summed E-state index contributed by atoms with van der Waals surface area (Å²) < 4.78 is 5.52. The van der Waals surface area contributed by atoms with Gasteiger partial charge in [-0.1, -0.05) is 23.6 Å². The number of amides is 1. The minimum absolute atomic E-state index is 0.195. The maximum atomic E-state index is 11.5. The van der Waals surface area contributed by atoms with Gasteiger partial charge in [-0.15, -0.1) is 6.42 Å². The van der Waals surface area contributed by atoms with E-state index in [1.54, 1.807) is 19.1 Å². The topological polar surface area (TPSA) is 38.3 Å². The van der Waals surface area contributed by atoms with Crippen molar-refractivity contribution in [3.8, 4) is 18.1 Å². The van der Waals surface area contributed by atoms with Crippen LogP contribution in [0.3, 0.4) is 0 Å². The Labute approximate surface area is 106 Å². The number of hydrogen-bond acceptors (Lipinski definition) is 2. The lowest BCUT2D eigenvalue weighted by Crippen LogP contribution is -2.36. The molecule has 4 heteroatoms. The average molecular weight is 252 g/mol. The van der Waals surface area contributed by atoms with Crippen molar-refractivity contribution in [3.63, 3.8) is 0 Å². The van der Waals surface area contributed by atoms with Crippen LogP contribution in [0.15, 0.2) is 18.2 Å². The molecule has 90 valence electrons. The van der Waals surface area contributed by atoms with Gasteiger partial charge < -0.3 is 10.1 Å². The molecule has 1 rings (SSSR count). The minimum atomic E-state index is -0.611. The molecule has 0 saturated heterocycles. The number of terminal acetylenes is 1. The Hall–Kier alpha value is -1.66. The minimum Gasteiger partial charge on any atom is -0.481 e. The summed E-state index contributed by atoms with van der Waals surface area (Å²) in [6.07, 6.45) is 4.44. The molecule has 0 radical (unpaired) electrons. The summed E-state index contributed by atoms with van der Waals surface area (Å²) in [5.74, 6) is 2.68. The van der Waals surface area contributed by atoms with Crippen LogP contribution in [0.4, 0.5) is 0 Å². The molecule has 0 heterocycles. The van der Waals surface area contributed by atoms with Crippen LogP contribution in [0, 0.1) is 19.3 Å². The molecule has 0 aliphatic heterocycles. The lowest BCUT2D eigenvalue weighted by molar-refractivity contribution is -0.127. The number of ether oxygens (including phenoxy) is 1. The first-order valence-corrected chi connectivity index (χ1v) is 5.56. The SMILES string of the molecule is C#CCNC(=O)C(C)Oc1cc(Cl)ccc1C. The smallest absolute Gasteiger partial charge is 0.261 e. The van der Waals surface area contributed by atoms with E-state index in [2.05, 4.69) is 11.2 Å². The van der Waals surface area contributed by atoms with Crippen LogP contribution in [0.25, 0.3) is 0 Å². The number of halogens is 1. The van der Waals surface area contributed by atoms with Crippen molar-refractivity contribution in [2.24, 2.45) is 0 Å². The standard InChI is InChI=1S/C13H14ClNO2/c1-4-7-15-13(16)10(3)17-12-8-11(14)6-5-9(12)2/h1,5-6,8,10H,7H2,2-3H3,(H,15,16). The Morgan fingerprint density at radius 2 is 2.35 bits per heavy atom. The fourth-order valence-electron chi connectivity index (χ4n) is 1.23. The summed E-state index contributed by atoms with van der Waals surface area (Å²) in [6.45, 7) is 3.74. The Balaban J connectivity index is 2.67. The van der Waals surface area contributed by atoms with Gasteiger partial charge in [0.2, 0.25) is 0 Å². The first kappa shape index (κ1) is 13.4. The Bertz CT molecular complexity index is 451. The molecule has 0 aliphatic carbocycles. The van der Waals surface area contributed by atoms with Gasteiger partial charge in [0.25, 0.3) is 5.91 Å². The highest BCUT2D eigenvalue weighted by molar-refractivity contribution is 6.30. The van der Waals surface area contributed by atoms with Gasteiger partial charge in [0, 0.05) is 5.02 Å². The molecule has 0 saturated carbocycles. The zero-order valence-electron chi connectivity index (χ0n) is 9.79. The molecule has 1 unspecified atom stereocenters. The fourth-order valence-corrected chi connectivity index (χ4v) is 1.39. The molecule has 3 nitrogen and oxygen atoms in total. The van der Waals surface area contributed by atoms with Gasteiger partial charge >= 0.3 is 0 Å². The molecule has 0 spiro atoms. The highest BCUT2D eigenvalue weighted by Crippen LogP contribution is 2.23. The molecular formula is C13H14ClNO2. The van der Waals surface area contributed by atoms with Crippen LogP contribution >= 0.6 is 11.6 Å². The molecule has 0 bridgehead atoms. The summed E-state index contributed by atoms with van der Waals surface area (Å²) in [5.41, 5.74) is 0.922. The summed E-state index contributed by atoms with van der Waals surface area (Å²) in [6, 6.07) is 5.29. The highest BCUT2D eigenvalue weighted by Gasteiger charge is 2.14. The van der Waals surface area contributed by atoms with Gasteiger partial charge in [-0.3, -0.25) is 4.79 Å². The number of hydrogen-bond donors (Lipinski definition) is 1. The third-order valence-corrected chi connectivity index (χ3v) is 2.42. The zero-order valence-corrected chi connectivity index (χ0v) is 10.5. The molecule has 1 N–H and O–H groups in total. The molecular weight excluding hydrogens is 238 g/mol. The van der Waals surface area contributed by atoms with E-state index in [1.807, 2.05) is 13.0 Å². The molecule has 0 fully saturated rings. The van der Waals surface area contributed by atoms with E-state index in [0.29, 0.717) is 10.8 Å². The average Bonchev–Trinajstić information content (AvgIpc) is 2.30. The lowest BCUT2D eigenvalue weighted by Gasteiger charge is -2.15. The molecule has 1 amide bonds. The number of benzene rings is 1. The number of aryl methyl sites for hydroxylation is 1. The van der Waals surface area contributed by atoms with Crippen LogP contribution in [0.5, 0.6) is 5.75 Å². The van der Waals surface area contributed by atoms with Crippen molar-refractivity contribution >= 4 is 17.5 Å². The highest BCUT2D eigenvalue weighted by atomic mass is 35.5. The van der Waals surface area contributed by atoms with Gasteiger partial charge in [-0.25, -0.2) is 0 Å². The second-order valence-electron chi connectivity index (χ2n) is 3.59. The van der Waals surface area contributed by atoms with E-state index in [-0.39, 0.29) is 12.5 Å².